The summed E-state index contributed by atoms with van der Waals surface area (Å²) in [7, 11) is 0. The van der Waals surface area contributed by atoms with E-state index in [9.17, 15) is 0 Å². The first-order chi connectivity index (χ1) is 6.27. The minimum atomic E-state index is 0.764. The number of likely N-dealkylation sites (tertiary alicyclic amines) is 1. The highest BCUT2D eigenvalue weighted by Gasteiger charge is 2.21. The molecule has 0 radical (unpaired) electrons. The Kier molecular flexibility index (Phi) is 4.74. The number of nitrogens with zero attached hydrogens (tertiary/aromatic N) is 1. The van der Waals surface area contributed by atoms with E-state index in [1.54, 1.807) is 0 Å². The summed E-state index contributed by atoms with van der Waals surface area (Å²) in [6.45, 7) is 8.06. The fraction of sp³-hybridized carbons (Fsp3) is 1.00. The summed E-state index contributed by atoms with van der Waals surface area (Å²) >= 11 is 0. The zero-order valence-corrected chi connectivity index (χ0v) is 9.13. The van der Waals surface area contributed by atoms with Gasteiger partial charge in [0, 0.05) is 12.6 Å². The molecular formula is C11H24N2. The number of piperidine rings is 1. The number of rotatable bonds is 4. The lowest BCUT2D eigenvalue weighted by Gasteiger charge is -2.36. The van der Waals surface area contributed by atoms with Crippen LogP contribution in [0, 0.1) is 5.92 Å². The summed E-state index contributed by atoms with van der Waals surface area (Å²) in [6.07, 6.45) is 5.25. The van der Waals surface area contributed by atoms with E-state index >= 15 is 0 Å². The molecule has 1 saturated heterocycles. The lowest BCUT2D eigenvalue weighted by Crippen LogP contribution is -2.41. The molecule has 1 aliphatic rings. The molecule has 2 unspecified atom stereocenters. The highest BCUT2D eigenvalue weighted by Crippen LogP contribution is 2.21. The van der Waals surface area contributed by atoms with Crippen molar-refractivity contribution in [3.63, 3.8) is 0 Å². The molecule has 1 aliphatic heterocycles. The normalized spacial score (nSPS) is 27.5. The van der Waals surface area contributed by atoms with Gasteiger partial charge in [0.05, 0.1) is 0 Å². The largest absolute Gasteiger partial charge is 0.330 e. The molecule has 0 bridgehead atoms. The molecule has 2 atom stereocenters. The zero-order chi connectivity index (χ0) is 9.68. The average Bonchev–Trinajstić information content (AvgIpc) is 2.18. The smallest absolute Gasteiger partial charge is 0.00644 e. The second-order valence-corrected chi connectivity index (χ2v) is 4.34. The highest BCUT2D eigenvalue weighted by molar-refractivity contribution is 4.76. The van der Waals surface area contributed by atoms with Crippen molar-refractivity contribution in [2.45, 2.75) is 45.6 Å². The van der Waals surface area contributed by atoms with Crippen molar-refractivity contribution < 1.29 is 0 Å². The lowest BCUT2D eigenvalue weighted by molar-refractivity contribution is 0.125. The Morgan fingerprint density at radius 1 is 1.54 bits per heavy atom. The maximum atomic E-state index is 5.59. The van der Waals surface area contributed by atoms with Crippen LogP contribution in [0.1, 0.15) is 39.5 Å². The molecule has 2 N–H and O–H groups in total. The fourth-order valence-electron chi connectivity index (χ4n) is 2.23. The van der Waals surface area contributed by atoms with Gasteiger partial charge in [-0.1, -0.05) is 6.92 Å². The van der Waals surface area contributed by atoms with Crippen molar-refractivity contribution in [3.8, 4) is 0 Å². The zero-order valence-electron chi connectivity index (χ0n) is 9.13. The first-order valence-corrected chi connectivity index (χ1v) is 5.72. The summed E-state index contributed by atoms with van der Waals surface area (Å²) < 4.78 is 0. The molecule has 0 saturated carbocycles. The van der Waals surface area contributed by atoms with Crippen LogP contribution in [0.4, 0.5) is 0 Å². The number of hydrogen-bond donors (Lipinski definition) is 1. The lowest BCUT2D eigenvalue weighted by atomic mass is 9.93. The average molecular weight is 184 g/mol. The molecule has 1 heterocycles. The summed E-state index contributed by atoms with van der Waals surface area (Å²) in [5.41, 5.74) is 5.59. The molecule has 78 valence electrons. The third-order valence-electron chi connectivity index (χ3n) is 3.34. The van der Waals surface area contributed by atoms with Crippen molar-refractivity contribution in [1.29, 1.82) is 0 Å². The molecule has 0 aromatic rings. The van der Waals surface area contributed by atoms with E-state index in [-0.39, 0.29) is 0 Å². The highest BCUT2D eigenvalue weighted by atomic mass is 15.2. The Morgan fingerprint density at radius 2 is 2.31 bits per heavy atom. The van der Waals surface area contributed by atoms with Gasteiger partial charge >= 0.3 is 0 Å². The van der Waals surface area contributed by atoms with E-state index < -0.39 is 0 Å². The molecule has 0 spiro atoms. The molecule has 2 nitrogen and oxygen atoms in total. The van der Waals surface area contributed by atoms with Gasteiger partial charge in [0.25, 0.3) is 0 Å². The van der Waals surface area contributed by atoms with Crippen LogP contribution in [0.5, 0.6) is 0 Å². The first kappa shape index (κ1) is 11.0. The van der Waals surface area contributed by atoms with Crippen molar-refractivity contribution in [2.75, 3.05) is 19.6 Å². The molecule has 1 fully saturated rings. The third kappa shape index (κ3) is 3.28. The maximum Gasteiger partial charge on any atom is 0.00644 e. The van der Waals surface area contributed by atoms with Crippen LogP contribution >= 0.6 is 0 Å². The van der Waals surface area contributed by atoms with E-state index in [4.69, 9.17) is 5.73 Å². The van der Waals surface area contributed by atoms with Gasteiger partial charge in [-0.2, -0.15) is 0 Å². The standard InChI is InChI=1S/C11H24N2/c1-3-10(2)13-8-4-5-11(9-13)6-7-12/h10-11H,3-9,12H2,1-2H3. The van der Waals surface area contributed by atoms with Gasteiger partial charge in [-0.25, -0.2) is 0 Å². The van der Waals surface area contributed by atoms with Crippen LogP contribution in [-0.2, 0) is 0 Å². The van der Waals surface area contributed by atoms with E-state index in [1.165, 1.54) is 38.8 Å². The Morgan fingerprint density at radius 3 is 2.92 bits per heavy atom. The van der Waals surface area contributed by atoms with E-state index in [2.05, 4.69) is 18.7 Å². The van der Waals surface area contributed by atoms with Gasteiger partial charge in [-0.15, -0.1) is 0 Å². The van der Waals surface area contributed by atoms with Crippen molar-refractivity contribution in [1.82, 2.24) is 4.90 Å². The molecule has 1 rings (SSSR count). The Hall–Kier alpha value is -0.0800. The van der Waals surface area contributed by atoms with Crippen molar-refractivity contribution in [2.24, 2.45) is 11.7 Å². The molecular weight excluding hydrogens is 160 g/mol. The first-order valence-electron chi connectivity index (χ1n) is 5.72. The monoisotopic (exact) mass is 184 g/mol. The molecule has 0 aliphatic carbocycles. The molecule has 0 aromatic heterocycles. The fourth-order valence-corrected chi connectivity index (χ4v) is 2.23. The van der Waals surface area contributed by atoms with Gasteiger partial charge in [-0.05, 0) is 51.6 Å². The summed E-state index contributed by atoms with van der Waals surface area (Å²) in [4.78, 5) is 2.63. The Bertz CT molecular complexity index is 134. The van der Waals surface area contributed by atoms with Crippen molar-refractivity contribution in [3.05, 3.63) is 0 Å². The van der Waals surface area contributed by atoms with Crippen LogP contribution in [0.2, 0.25) is 0 Å². The van der Waals surface area contributed by atoms with Gasteiger partial charge in [-0.3, -0.25) is 0 Å². The van der Waals surface area contributed by atoms with Gasteiger partial charge in [0.15, 0.2) is 0 Å². The predicted molar refractivity (Wildman–Crippen MR) is 57.7 cm³/mol. The Balaban J connectivity index is 2.32. The van der Waals surface area contributed by atoms with E-state index in [0.29, 0.717) is 0 Å². The second-order valence-electron chi connectivity index (χ2n) is 4.34. The van der Waals surface area contributed by atoms with E-state index in [1.807, 2.05) is 0 Å². The molecule has 0 aromatic carbocycles. The van der Waals surface area contributed by atoms with Crippen LogP contribution in [0.3, 0.4) is 0 Å². The van der Waals surface area contributed by atoms with E-state index in [0.717, 1.165) is 18.5 Å². The quantitative estimate of drug-likeness (QED) is 0.722. The molecule has 0 amide bonds. The van der Waals surface area contributed by atoms with Gasteiger partial charge in [0.1, 0.15) is 0 Å². The number of hydrogen-bond acceptors (Lipinski definition) is 2. The van der Waals surface area contributed by atoms with Crippen LogP contribution < -0.4 is 5.73 Å². The Labute approximate surface area is 82.5 Å². The maximum absolute atomic E-state index is 5.59. The molecule has 13 heavy (non-hydrogen) atoms. The van der Waals surface area contributed by atoms with Gasteiger partial charge in [0.2, 0.25) is 0 Å². The van der Waals surface area contributed by atoms with Gasteiger partial charge < -0.3 is 10.6 Å². The summed E-state index contributed by atoms with van der Waals surface area (Å²) in [6, 6.07) is 0.764. The summed E-state index contributed by atoms with van der Waals surface area (Å²) in [5, 5.41) is 0. The topological polar surface area (TPSA) is 29.3 Å². The SMILES string of the molecule is CCC(C)N1CCCC(CCN)C1. The molecule has 2 heteroatoms. The minimum Gasteiger partial charge on any atom is -0.330 e. The number of nitrogens with two attached hydrogens (primary N) is 1. The third-order valence-corrected chi connectivity index (χ3v) is 3.34. The second kappa shape index (κ2) is 5.61. The van der Waals surface area contributed by atoms with Crippen molar-refractivity contribution >= 4 is 0 Å². The minimum absolute atomic E-state index is 0.764. The van der Waals surface area contributed by atoms with Crippen LogP contribution in [0.25, 0.3) is 0 Å². The van der Waals surface area contributed by atoms with Crippen LogP contribution in [0.15, 0.2) is 0 Å². The van der Waals surface area contributed by atoms with Crippen LogP contribution in [-0.4, -0.2) is 30.6 Å². The predicted octanol–water partition coefficient (Wildman–Crippen LogP) is 1.85. The summed E-state index contributed by atoms with van der Waals surface area (Å²) in [5.74, 6) is 0.868.